The number of nitrogens with two attached hydrogens (primary N) is 1. The van der Waals surface area contributed by atoms with Gasteiger partial charge >= 0.3 is 0 Å². The van der Waals surface area contributed by atoms with Crippen LogP contribution in [0.1, 0.15) is 33.1 Å². The third kappa shape index (κ3) is 3.67. The second kappa shape index (κ2) is 6.80. The van der Waals surface area contributed by atoms with Crippen molar-refractivity contribution < 1.29 is 14.3 Å². The Bertz CT molecular complexity index is 492. The van der Waals surface area contributed by atoms with Gasteiger partial charge < -0.3 is 20.5 Å². The molecule has 1 amide bonds. The summed E-state index contributed by atoms with van der Waals surface area (Å²) in [5.41, 5.74) is 4.93. The van der Waals surface area contributed by atoms with Crippen LogP contribution in [0.5, 0.6) is 11.5 Å². The number of likely N-dealkylation sites (N-methyl/N-ethyl adjacent to an activating group) is 1. The van der Waals surface area contributed by atoms with Gasteiger partial charge in [0.05, 0.1) is 6.61 Å². The molecule has 1 aromatic carbocycles. The average Bonchev–Trinajstić information content (AvgIpc) is 2.84. The summed E-state index contributed by atoms with van der Waals surface area (Å²) in [7, 11) is 0. The van der Waals surface area contributed by atoms with Crippen LogP contribution in [-0.2, 0) is 4.79 Å². The van der Waals surface area contributed by atoms with Gasteiger partial charge in [0, 0.05) is 12.5 Å². The molecule has 3 N–H and O–H groups in total. The van der Waals surface area contributed by atoms with Gasteiger partial charge in [-0.05, 0) is 38.4 Å². The maximum atomic E-state index is 11.7. The molecule has 1 aliphatic rings. The largest absolute Gasteiger partial charge is 0.494 e. The lowest BCUT2D eigenvalue weighted by atomic mass is 9.96. The van der Waals surface area contributed by atoms with Gasteiger partial charge in [-0.3, -0.25) is 4.79 Å². The molecule has 0 saturated heterocycles. The van der Waals surface area contributed by atoms with E-state index in [4.69, 9.17) is 15.2 Å². The molecule has 0 bridgehead atoms. The highest BCUT2D eigenvalue weighted by Gasteiger charge is 2.44. The van der Waals surface area contributed by atoms with Crippen LogP contribution < -0.4 is 20.5 Å². The minimum Gasteiger partial charge on any atom is -0.494 e. The number of carbonyl (C=O) groups excluding carboxylic acids is 1. The van der Waals surface area contributed by atoms with Crippen molar-refractivity contribution in [2.45, 2.75) is 44.8 Å². The molecule has 1 aromatic rings. The molecule has 0 aliphatic heterocycles. The van der Waals surface area contributed by atoms with Crippen molar-refractivity contribution in [2.75, 3.05) is 13.2 Å². The zero-order chi connectivity index (χ0) is 15.3. The number of ether oxygens (including phenoxy) is 2. The fourth-order valence-corrected chi connectivity index (χ4v) is 2.91. The third-order valence-electron chi connectivity index (χ3n) is 3.88. The summed E-state index contributed by atoms with van der Waals surface area (Å²) in [6.07, 6.45) is 2.13. The van der Waals surface area contributed by atoms with Crippen molar-refractivity contribution in [3.05, 3.63) is 24.3 Å². The maximum Gasteiger partial charge on any atom is 0.237 e. The van der Waals surface area contributed by atoms with E-state index in [9.17, 15) is 4.79 Å². The molecule has 0 aromatic heterocycles. The molecule has 2 rings (SSSR count). The Labute approximate surface area is 125 Å². The Morgan fingerprint density at radius 1 is 1.43 bits per heavy atom. The summed E-state index contributed by atoms with van der Waals surface area (Å²) in [4.78, 5) is 11.7. The molecular weight excluding hydrogens is 268 g/mol. The van der Waals surface area contributed by atoms with Crippen LogP contribution >= 0.6 is 0 Å². The molecule has 0 radical (unpaired) electrons. The van der Waals surface area contributed by atoms with Crippen LogP contribution in [0.2, 0.25) is 0 Å². The minimum absolute atomic E-state index is 0.00609. The van der Waals surface area contributed by atoms with Gasteiger partial charge in [0.1, 0.15) is 23.1 Å². The standard InChI is InChI=1S/C16H24N2O3/c1-3-18-16(15(17)19)9-8-14(11-16)21-13-7-5-6-12(10-13)20-4-2/h5-7,10,14,18H,3-4,8-9,11H2,1-2H3,(H2,17,19). The van der Waals surface area contributed by atoms with Crippen molar-refractivity contribution in [1.29, 1.82) is 0 Å². The lowest BCUT2D eigenvalue weighted by molar-refractivity contribution is -0.124. The predicted molar refractivity (Wildman–Crippen MR) is 81.5 cm³/mol. The fraction of sp³-hybridized carbons (Fsp3) is 0.562. The molecule has 5 heteroatoms. The van der Waals surface area contributed by atoms with Crippen molar-refractivity contribution in [3.8, 4) is 11.5 Å². The van der Waals surface area contributed by atoms with Gasteiger partial charge in [0.15, 0.2) is 0 Å². The van der Waals surface area contributed by atoms with Crippen LogP contribution in [0.4, 0.5) is 0 Å². The number of amides is 1. The van der Waals surface area contributed by atoms with Crippen molar-refractivity contribution in [1.82, 2.24) is 5.32 Å². The number of hydrogen-bond acceptors (Lipinski definition) is 4. The summed E-state index contributed by atoms with van der Waals surface area (Å²) in [5.74, 6) is 1.27. The normalized spacial score (nSPS) is 24.8. The number of benzene rings is 1. The van der Waals surface area contributed by atoms with E-state index in [0.717, 1.165) is 24.5 Å². The Morgan fingerprint density at radius 2 is 2.19 bits per heavy atom. The summed E-state index contributed by atoms with van der Waals surface area (Å²) in [5, 5.41) is 3.23. The topological polar surface area (TPSA) is 73.6 Å². The van der Waals surface area contributed by atoms with Crippen molar-refractivity contribution in [3.63, 3.8) is 0 Å². The maximum absolute atomic E-state index is 11.7. The third-order valence-corrected chi connectivity index (χ3v) is 3.88. The van der Waals surface area contributed by atoms with Crippen molar-refractivity contribution >= 4 is 5.91 Å². The summed E-state index contributed by atoms with van der Waals surface area (Å²) >= 11 is 0. The molecule has 2 unspecified atom stereocenters. The minimum atomic E-state index is -0.628. The van der Waals surface area contributed by atoms with Crippen LogP contribution in [0.25, 0.3) is 0 Å². The number of rotatable bonds is 7. The van der Waals surface area contributed by atoms with Crippen molar-refractivity contribution in [2.24, 2.45) is 5.73 Å². The Hall–Kier alpha value is -1.75. The van der Waals surface area contributed by atoms with E-state index >= 15 is 0 Å². The zero-order valence-corrected chi connectivity index (χ0v) is 12.7. The highest BCUT2D eigenvalue weighted by Crippen LogP contribution is 2.33. The van der Waals surface area contributed by atoms with Gasteiger partial charge in [-0.25, -0.2) is 0 Å². The lowest BCUT2D eigenvalue weighted by Crippen LogP contribution is -2.54. The van der Waals surface area contributed by atoms with Crippen LogP contribution in [0, 0.1) is 0 Å². The Morgan fingerprint density at radius 3 is 2.86 bits per heavy atom. The lowest BCUT2D eigenvalue weighted by Gasteiger charge is -2.26. The summed E-state index contributed by atoms with van der Waals surface area (Å²) in [6.45, 7) is 5.26. The Balaban J connectivity index is 2.01. The SMILES string of the molecule is CCNC1(C(N)=O)CCC(Oc2cccc(OCC)c2)C1. The van der Waals surface area contributed by atoms with E-state index in [1.165, 1.54) is 0 Å². The molecule has 0 spiro atoms. The van der Waals surface area contributed by atoms with E-state index in [1.807, 2.05) is 38.1 Å². The fourth-order valence-electron chi connectivity index (χ4n) is 2.91. The second-order valence-electron chi connectivity index (χ2n) is 5.37. The Kier molecular flexibility index (Phi) is 5.07. The van der Waals surface area contributed by atoms with E-state index < -0.39 is 5.54 Å². The molecule has 1 saturated carbocycles. The number of primary amides is 1. The smallest absolute Gasteiger partial charge is 0.237 e. The van der Waals surface area contributed by atoms with Gasteiger partial charge in [-0.2, -0.15) is 0 Å². The molecule has 0 heterocycles. The molecule has 21 heavy (non-hydrogen) atoms. The van der Waals surface area contributed by atoms with Crippen LogP contribution in [-0.4, -0.2) is 30.7 Å². The summed E-state index contributed by atoms with van der Waals surface area (Å²) < 4.78 is 11.4. The first-order valence-electron chi connectivity index (χ1n) is 7.54. The highest BCUT2D eigenvalue weighted by atomic mass is 16.5. The molecule has 116 valence electrons. The first-order valence-corrected chi connectivity index (χ1v) is 7.54. The van der Waals surface area contributed by atoms with Gasteiger partial charge in [0.2, 0.25) is 5.91 Å². The molecule has 1 aliphatic carbocycles. The molecule has 1 fully saturated rings. The van der Waals surface area contributed by atoms with E-state index in [2.05, 4.69) is 5.32 Å². The van der Waals surface area contributed by atoms with E-state index in [0.29, 0.717) is 19.4 Å². The summed E-state index contributed by atoms with van der Waals surface area (Å²) in [6, 6.07) is 7.58. The first kappa shape index (κ1) is 15.6. The van der Waals surface area contributed by atoms with E-state index in [-0.39, 0.29) is 12.0 Å². The van der Waals surface area contributed by atoms with Gasteiger partial charge in [-0.15, -0.1) is 0 Å². The van der Waals surface area contributed by atoms with Gasteiger partial charge in [-0.1, -0.05) is 13.0 Å². The quantitative estimate of drug-likeness (QED) is 0.804. The molecular formula is C16H24N2O3. The van der Waals surface area contributed by atoms with Crippen LogP contribution in [0.15, 0.2) is 24.3 Å². The van der Waals surface area contributed by atoms with Crippen LogP contribution in [0.3, 0.4) is 0 Å². The molecule has 2 atom stereocenters. The number of nitrogens with one attached hydrogen (secondary N) is 1. The molecule has 5 nitrogen and oxygen atoms in total. The predicted octanol–water partition coefficient (Wildman–Crippen LogP) is 1.85. The first-order chi connectivity index (χ1) is 10.1. The average molecular weight is 292 g/mol. The van der Waals surface area contributed by atoms with Gasteiger partial charge in [0.25, 0.3) is 0 Å². The zero-order valence-electron chi connectivity index (χ0n) is 12.7. The van der Waals surface area contributed by atoms with E-state index in [1.54, 1.807) is 0 Å². The number of hydrogen-bond donors (Lipinski definition) is 2. The number of carbonyl (C=O) groups is 1. The monoisotopic (exact) mass is 292 g/mol. The highest BCUT2D eigenvalue weighted by molar-refractivity contribution is 5.85. The second-order valence-corrected chi connectivity index (χ2v) is 5.37.